The SMILES string of the molecule is CC(C)N(CCN)Cc1cccc(Cl)c1Cl. The molecule has 0 heterocycles. The van der Waals surface area contributed by atoms with Crippen molar-refractivity contribution in [3.05, 3.63) is 33.8 Å². The number of halogens is 2. The Morgan fingerprint density at radius 3 is 2.56 bits per heavy atom. The van der Waals surface area contributed by atoms with Crippen LogP contribution in [0.25, 0.3) is 0 Å². The second-order valence-corrected chi connectivity index (χ2v) is 4.85. The molecule has 0 aromatic heterocycles. The number of nitrogens with two attached hydrogens (primary N) is 1. The van der Waals surface area contributed by atoms with Gasteiger partial charge in [0.05, 0.1) is 10.0 Å². The number of hydrogen-bond donors (Lipinski definition) is 1. The van der Waals surface area contributed by atoms with Crippen LogP contribution in [0.15, 0.2) is 18.2 Å². The summed E-state index contributed by atoms with van der Waals surface area (Å²) >= 11 is 12.1. The first-order chi connectivity index (χ1) is 7.56. The maximum atomic E-state index is 6.15. The van der Waals surface area contributed by atoms with E-state index in [4.69, 9.17) is 28.9 Å². The molecule has 16 heavy (non-hydrogen) atoms. The summed E-state index contributed by atoms with van der Waals surface area (Å²) in [5.74, 6) is 0. The minimum absolute atomic E-state index is 0.443. The molecular formula is C12H18Cl2N2. The van der Waals surface area contributed by atoms with E-state index in [0.717, 1.165) is 18.7 Å². The Bertz CT molecular complexity index is 340. The Kier molecular flexibility index (Phi) is 5.56. The van der Waals surface area contributed by atoms with Gasteiger partial charge in [0.15, 0.2) is 0 Å². The van der Waals surface area contributed by atoms with Crippen molar-refractivity contribution >= 4 is 23.2 Å². The highest BCUT2D eigenvalue weighted by Crippen LogP contribution is 2.26. The van der Waals surface area contributed by atoms with Crippen molar-refractivity contribution < 1.29 is 0 Å². The molecule has 0 radical (unpaired) electrons. The van der Waals surface area contributed by atoms with Gasteiger partial charge in [-0.25, -0.2) is 0 Å². The van der Waals surface area contributed by atoms with Crippen molar-refractivity contribution in [1.29, 1.82) is 0 Å². The van der Waals surface area contributed by atoms with Gasteiger partial charge in [-0.15, -0.1) is 0 Å². The van der Waals surface area contributed by atoms with Gasteiger partial charge in [-0.05, 0) is 25.5 Å². The van der Waals surface area contributed by atoms with Crippen LogP contribution in [-0.4, -0.2) is 24.0 Å². The van der Waals surface area contributed by atoms with Crippen molar-refractivity contribution in [2.75, 3.05) is 13.1 Å². The Labute approximate surface area is 107 Å². The molecule has 1 aromatic carbocycles. The first-order valence-electron chi connectivity index (χ1n) is 5.43. The summed E-state index contributed by atoms with van der Waals surface area (Å²) in [4.78, 5) is 2.28. The molecule has 0 amide bonds. The quantitative estimate of drug-likeness (QED) is 0.882. The first-order valence-corrected chi connectivity index (χ1v) is 6.19. The molecule has 0 fully saturated rings. The van der Waals surface area contributed by atoms with Crippen LogP contribution in [0.2, 0.25) is 10.0 Å². The lowest BCUT2D eigenvalue weighted by Crippen LogP contribution is -2.34. The zero-order valence-electron chi connectivity index (χ0n) is 9.71. The van der Waals surface area contributed by atoms with Gasteiger partial charge in [0.1, 0.15) is 0 Å². The lowest BCUT2D eigenvalue weighted by molar-refractivity contribution is 0.219. The summed E-state index contributed by atoms with van der Waals surface area (Å²) < 4.78 is 0. The minimum atomic E-state index is 0.443. The van der Waals surface area contributed by atoms with Gasteiger partial charge < -0.3 is 5.73 Å². The third kappa shape index (κ3) is 3.63. The van der Waals surface area contributed by atoms with Gasteiger partial charge in [-0.3, -0.25) is 4.90 Å². The molecule has 0 saturated heterocycles. The van der Waals surface area contributed by atoms with Crippen LogP contribution >= 0.6 is 23.2 Å². The fraction of sp³-hybridized carbons (Fsp3) is 0.500. The summed E-state index contributed by atoms with van der Waals surface area (Å²) in [6, 6.07) is 6.17. The summed E-state index contributed by atoms with van der Waals surface area (Å²) in [6.45, 7) is 6.59. The van der Waals surface area contributed by atoms with Crippen LogP contribution in [0, 0.1) is 0 Å². The van der Waals surface area contributed by atoms with E-state index >= 15 is 0 Å². The maximum Gasteiger partial charge on any atom is 0.0637 e. The Morgan fingerprint density at radius 1 is 1.31 bits per heavy atom. The monoisotopic (exact) mass is 260 g/mol. The van der Waals surface area contributed by atoms with Gasteiger partial charge in [0, 0.05) is 25.7 Å². The molecule has 0 aliphatic heterocycles. The van der Waals surface area contributed by atoms with Crippen molar-refractivity contribution in [1.82, 2.24) is 4.90 Å². The highest BCUT2D eigenvalue weighted by molar-refractivity contribution is 6.42. The van der Waals surface area contributed by atoms with Gasteiger partial charge in [-0.1, -0.05) is 35.3 Å². The first kappa shape index (κ1) is 13.8. The molecule has 0 bridgehead atoms. The van der Waals surface area contributed by atoms with E-state index in [1.807, 2.05) is 12.1 Å². The summed E-state index contributed by atoms with van der Waals surface area (Å²) in [6.07, 6.45) is 0. The summed E-state index contributed by atoms with van der Waals surface area (Å²) in [7, 11) is 0. The predicted molar refractivity (Wildman–Crippen MR) is 71.1 cm³/mol. The second kappa shape index (κ2) is 6.45. The number of hydrogen-bond acceptors (Lipinski definition) is 2. The van der Waals surface area contributed by atoms with E-state index in [1.54, 1.807) is 6.07 Å². The molecule has 0 atom stereocenters. The molecule has 4 heteroatoms. The van der Waals surface area contributed by atoms with Gasteiger partial charge >= 0.3 is 0 Å². The fourth-order valence-corrected chi connectivity index (χ4v) is 1.95. The van der Waals surface area contributed by atoms with E-state index in [2.05, 4.69) is 18.7 Å². The molecule has 2 N–H and O–H groups in total. The summed E-state index contributed by atoms with van der Waals surface area (Å²) in [5.41, 5.74) is 6.64. The zero-order valence-corrected chi connectivity index (χ0v) is 11.2. The molecule has 90 valence electrons. The molecule has 2 nitrogen and oxygen atoms in total. The van der Waals surface area contributed by atoms with Crippen molar-refractivity contribution in [3.63, 3.8) is 0 Å². The van der Waals surface area contributed by atoms with E-state index in [-0.39, 0.29) is 0 Å². The van der Waals surface area contributed by atoms with E-state index in [9.17, 15) is 0 Å². The Balaban J connectivity index is 2.81. The molecule has 0 saturated carbocycles. The Morgan fingerprint density at radius 2 is 2.00 bits per heavy atom. The molecule has 0 unspecified atom stereocenters. The van der Waals surface area contributed by atoms with Crippen molar-refractivity contribution in [2.45, 2.75) is 26.4 Å². The molecule has 1 aromatic rings. The highest BCUT2D eigenvalue weighted by Gasteiger charge is 2.12. The molecule has 0 spiro atoms. The fourth-order valence-electron chi connectivity index (χ4n) is 1.58. The molecule has 1 rings (SSSR count). The van der Waals surface area contributed by atoms with Crippen LogP contribution in [0.1, 0.15) is 19.4 Å². The van der Waals surface area contributed by atoms with E-state index in [0.29, 0.717) is 22.6 Å². The summed E-state index contributed by atoms with van der Waals surface area (Å²) in [5, 5.41) is 1.25. The molecule has 0 aliphatic carbocycles. The second-order valence-electron chi connectivity index (χ2n) is 4.07. The van der Waals surface area contributed by atoms with Crippen molar-refractivity contribution in [2.24, 2.45) is 5.73 Å². The van der Waals surface area contributed by atoms with Gasteiger partial charge in [0.2, 0.25) is 0 Å². The molecule has 0 aliphatic rings. The maximum absolute atomic E-state index is 6.15. The van der Waals surface area contributed by atoms with Gasteiger partial charge in [0.25, 0.3) is 0 Å². The number of benzene rings is 1. The molecular weight excluding hydrogens is 243 g/mol. The average Bonchev–Trinajstić information content (AvgIpc) is 2.23. The van der Waals surface area contributed by atoms with Gasteiger partial charge in [-0.2, -0.15) is 0 Å². The third-order valence-electron chi connectivity index (χ3n) is 2.55. The van der Waals surface area contributed by atoms with Crippen LogP contribution in [0.4, 0.5) is 0 Å². The van der Waals surface area contributed by atoms with E-state index < -0.39 is 0 Å². The Hall–Kier alpha value is -0.280. The van der Waals surface area contributed by atoms with Crippen LogP contribution < -0.4 is 5.73 Å². The van der Waals surface area contributed by atoms with Crippen LogP contribution in [0.3, 0.4) is 0 Å². The predicted octanol–water partition coefficient (Wildman–Crippen LogP) is 3.16. The topological polar surface area (TPSA) is 29.3 Å². The largest absolute Gasteiger partial charge is 0.329 e. The minimum Gasteiger partial charge on any atom is -0.329 e. The normalized spacial score (nSPS) is 11.4. The van der Waals surface area contributed by atoms with Crippen LogP contribution in [0.5, 0.6) is 0 Å². The zero-order chi connectivity index (χ0) is 12.1. The number of rotatable bonds is 5. The average molecular weight is 261 g/mol. The lowest BCUT2D eigenvalue weighted by Gasteiger charge is -2.26. The third-order valence-corrected chi connectivity index (χ3v) is 3.41. The highest BCUT2D eigenvalue weighted by atomic mass is 35.5. The van der Waals surface area contributed by atoms with Crippen LogP contribution in [-0.2, 0) is 6.54 Å². The smallest absolute Gasteiger partial charge is 0.0637 e. The van der Waals surface area contributed by atoms with E-state index in [1.165, 1.54) is 0 Å². The standard InChI is InChI=1S/C12H18Cl2N2/c1-9(2)16(7-6-15)8-10-4-3-5-11(13)12(10)14/h3-5,9H,6-8,15H2,1-2H3. The van der Waals surface area contributed by atoms with Crippen molar-refractivity contribution in [3.8, 4) is 0 Å². The lowest BCUT2D eigenvalue weighted by atomic mass is 10.2. The number of nitrogens with zero attached hydrogens (tertiary/aromatic N) is 1.